The second kappa shape index (κ2) is 7.90. The fraction of sp³-hybridized carbons (Fsp3) is 0.600. The number of nitro groups is 1. The molecule has 9 heteroatoms. The van der Waals surface area contributed by atoms with Gasteiger partial charge in [0, 0.05) is 17.4 Å². The quantitative estimate of drug-likeness (QED) is 0.282. The summed E-state index contributed by atoms with van der Waals surface area (Å²) in [6, 6.07) is -2.52. The molecule has 0 bridgehead atoms. The summed E-state index contributed by atoms with van der Waals surface area (Å²) in [5, 5.41) is 23.5. The Hall–Kier alpha value is -2.32. The molecule has 0 fully saturated rings. The van der Waals surface area contributed by atoms with Gasteiger partial charge in [0.05, 0.1) is 0 Å². The number of carbonyl (C=O) groups is 2. The molecule has 2 atom stereocenters. The molecule has 0 aromatic rings. The second-order valence-electron chi connectivity index (χ2n) is 3.72. The smallest absolute Gasteiger partial charge is 0.322 e. The van der Waals surface area contributed by atoms with Crippen LogP contribution in [-0.2, 0) is 9.59 Å². The summed E-state index contributed by atoms with van der Waals surface area (Å²) in [4.78, 5) is 42.3. The van der Waals surface area contributed by atoms with Crippen molar-refractivity contribution in [3.63, 3.8) is 0 Å². The number of nitrogens with zero attached hydrogens (tertiary/aromatic N) is 2. The van der Waals surface area contributed by atoms with E-state index in [9.17, 15) is 24.6 Å². The van der Waals surface area contributed by atoms with Gasteiger partial charge < -0.3 is 10.4 Å². The van der Waals surface area contributed by atoms with Gasteiger partial charge in [0.25, 0.3) is 5.91 Å². The average molecular weight is 273 g/mol. The van der Waals surface area contributed by atoms with Gasteiger partial charge in [-0.1, -0.05) is 12.1 Å². The number of nitroso groups, excluding NO2 is 1. The second-order valence-corrected chi connectivity index (χ2v) is 3.72. The molecule has 0 aliphatic carbocycles. The lowest BCUT2D eigenvalue weighted by Crippen LogP contribution is -2.36. The van der Waals surface area contributed by atoms with Crippen LogP contribution in [0.4, 0.5) is 0 Å². The number of carboxylic acid groups (broad SMARTS) is 1. The first-order valence-electron chi connectivity index (χ1n) is 5.49. The first-order chi connectivity index (χ1) is 8.83. The molecule has 0 spiro atoms. The molecule has 0 heterocycles. The Morgan fingerprint density at radius 1 is 1.53 bits per heavy atom. The monoisotopic (exact) mass is 273 g/mol. The molecule has 0 aliphatic heterocycles. The van der Waals surface area contributed by atoms with Crippen LogP contribution in [0.3, 0.4) is 0 Å². The highest BCUT2D eigenvalue weighted by molar-refractivity contribution is 5.86. The molecule has 0 saturated carbocycles. The predicted molar refractivity (Wildman–Crippen MR) is 65.1 cm³/mol. The molecule has 0 aromatic carbocycles. The topological polar surface area (TPSA) is 139 Å². The van der Waals surface area contributed by atoms with Gasteiger partial charge in [0.2, 0.25) is 6.04 Å². The SMILES string of the molecule is CCC(=CC(N=O)C(=O)NCC(=O)O)C(C)[N+](=O)[O-]. The highest BCUT2D eigenvalue weighted by Crippen LogP contribution is 2.12. The number of carbonyl (C=O) groups excluding carboxylic acids is 1. The minimum Gasteiger partial charge on any atom is -0.480 e. The van der Waals surface area contributed by atoms with E-state index in [1.165, 1.54) is 6.92 Å². The van der Waals surface area contributed by atoms with E-state index < -0.39 is 35.4 Å². The van der Waals surface area contributed by atoms with Gasteiger partial charge in [-0.15, -0.1) is 4.91 Å². The van der Waals surface area contributed by atoms with Crippen LogP contribution in [0, 0.1) is 15.0 Å². The van der Waals surface area contributed by atoms with Crippen molar-refractivity contribution in [1.82, 2.24) is 5.32 Å². The zero-order valence-electron chi connectivity index (χ0n) is 10.5. The van der Waals surface area contributed by atoms with Crippen LogP contribution in [0.25, 0.3) is 0 Å². The predicted octanol–water partition coefficient (Wildman–Crippen LogP) is 0.324. The highest BCUT2D eigenvalue weighted by atomic mass is 16.6. The van der Waals surface area contributed by atoms with E-state index in [1.807, 2.05) is 5.32 Å². The van der Waals surface area contributed by atoms with Gasteiger partial charge in [0.1, 0.15) is 6.54 Å². The molecule has 0 radical (unpaired) electrons. The molecule has 2 N–H and O–H groups in total. The molecule has 2 unspecified atom stereocenters. The van der Waals surface area contributed by atoms with Gasteiger partial charge in [0.15, 0.2) is 6.04 Å². The number of hydrogen-bond acceptors (Lipinski definition) is 6. The van der Waals surface area contributed by atoms with Gasteiger partial charge >= 0.3 is 5.97 Å². The number of nitrogens with one attached hydrogen (secondary N) is 1. The van der Waals surface area contributed by atoms with Gasteiger partial charge in [-0.25, -0.2) is 0 Å². The van der Waals surface area contributed by atoms with Crippen molar-refractivity contribution in [1.29, 1.82) is 0 Å². The molecular weight excluding hydrogens is 258 g/mol. The standard InChI is InChI=1S/C10H15N3O6/c1-3-7(6(2)13(18)19)4-8(12-17)10(16)11-5-9(14)15/h4,6,8H,3,5H2,1-2H3,(H,11,16)(H,14,15). The van der Waals surface area contributed by atoms with E-state index in [-0.39, 0.29) is 12.0 Å². The van der Waals surface area contributed by atoms with Crippen LogP contribution in [0.1, 0.15) is 20.3 Å². The van der Waals surface area contributed by atoms with Crippen molar-refractivity contribution in [2.24, 2.45) is 5.18 Å². The van der Waals surface area contributed by atoms with Crippen LogP contribution in [0.5, 0.6) is 0 Å². The summed E-state index contributed by atoms with van der Waals surface area (Å²) in [5.74, 6) is -2.17. The van der Waals surface area contributed by atoms with Gasteiger partial charge in [-0.3, -0.25) is 19.7 Å². The van der Waals surface area contributed by atoms with Crippen LogP contribution >= 0.6 is 0 Å². The van der Waals surface area contributed by atoms with E-state index in [0.29, 0.717) is 0 Å². The van der Waals surface area contributed by atoms with Crippen LogP contribution < -0.4 is 5.32 Å². The Labute approximate surface area is 108 Å². The zero-order chi connectivity index (χ0) is 15.0. The largest absolute Gasteiger partial charge is 0.480 e. The van der Waals surface area contributed by atoms with E-state index in [0.717, 1.165) is 6.08 Å². The third-order valence-corrected chi connectivity index (χ3v) is 2.43. The Kier molecular flexibility index (Phi) is 6.94. The van der Waals surface area contributed by atoms with Gasteiger partial charge in [-0.05, 0) is 12.5 Å². The van der Waals surface area contributed by atoms with Crippen molar-refractivity contribution < 1.29 is 19.6 Å². The zero-order valence-corrected chi connectivity index (χ0v) is 10.5. The fourth-order valence-electron chi connectivity index (χ4n) is 1.31. The maximum Gasteiger partial charge on any atom is 0.322 e. The summed E-state index contributed by atoms with van der Waals surface area (Å²) in [6.45, 7) is 2.32. The molecule has 9 nitrogen and oxygen atoms in total. The molecule has 0 rings (SSSR count). The maximum absolute atomic E-state index is 11.4. The number of hydrogen-bond donors (Lipinski definition) is 2. The first-order valence-corrected chi connectivity index (χ1v) is 5.49. The number of aliphatic carboxylic acids is 1. The highest BCUT2D eigenvalue weighted by Gasteiger charge is 2.23. The van der Waals surface area contributed by atoms with E-state index in [1.54, 1.807) is 6.92 Å². The molecule has 0 saturated heterocycles. The summed E-state index contributed by atoms with van der Waals surface area (Å²) in [5.41, 5.74) is 0.278. The molecule has 106 valence electrons. The van der Waals surface area contributed by atoms with E-state index in [2.05, 4.69) is 5.18 Å². The number of rotatable bonds is 8. The Morgan fingerprint density at radius 2 is 2.11 bits per heavy atom. The van der Waals surface area contributed by atoms with Crippen molar-refractivity contribution in [2.45, 2.75) is 32.4 Å². The summed E-state index contributed by atoms with van der Waals surface area (Å²) in [7, 11) is 0. The van der Waals surface area contributed by atoms with Crippen molar-refractivity contribution >= 4 is 11.9 Å². The molecule has 0 aromatic heterocycles. The maximum atomic E-state index is 11.4. The third kappa shape index (κ3) is 5.70. The van der Waals surface area contributed by atoms with Gasteiger partial charge in [-0.2, -0.15) is 0 Å². The Bertz CT molecular complexity index is 406. The molecule has 0 aliphatic rings. The lowest BCUT2D eigenvalue weighted by Gasteiger charge is -2.10. The lowest BCUT2D eigenvalue weighted by molar-refractivity contribution is -0.508. The number of amides is 1. The Morgan fingerprint density at radius 3 is 2.47 bits per heavy atom. The normalized spacial score (nSPS) is 14.3. The van der Waals surface area contributed by atoms with E-state index >= 15 is 0 Å². The average Bonchev–Trinajstić information content (AvgIpc) is 2.36. The van der Waals surface area contributed by atoms with Crippen molar-refractivity contribution in [3.8, 4) is 0 Å². The lowest BCUT2D eigenvalue weighted by atomic mass is 10.0. The first kappa shape index (κ1) is 16.7. The van der Waals surface area contributed by atoms with Crippen LogP contribution in [0.2, 0.25) is 0 Å². The Balaban J connectivity index is 4.93. The fourth-order valence-corrected chi connectivity index (χ4v) is 1.31. The third-order valence-electron chi connectivity index (χ3n) is 2.43. The summed E-state index contributed by atoms with van der Waals surface area (Å²) >= 11 is 0. The van der Waals surface area contributed by atoms with Crippen molar-refractivity contribution in [2.75, 3.05) is 6.54 Å². The minimum absolute atomic E-state index is 0.278. The summed E-state index contributed by atoms with van der Waals surface area (Å²) in [6.07, 6.45) is 1.37. The summed E-state index contributed by atoms with van der Waals surface area (Å²) < 4.78 is 0. The van der Waals surface area contributed by atoms with E-state index in [4.69, 9.17) is 5.11 Å². The molecular formula is C10H15N3O6. The van der Waals surface area contributed by atoms with Crippen LogP contribution in [0.15, 0.2) is 16.8 Å². The minimum atomic E-state index is -1.48. The molecule has 1 amide bonds. The van der Waals surface area contributed by atoms with Crippen molar-refractivity contribution in [3.05, 3.63) is 26.7 Å². The number of carboxylic acids is 1. The van der Waals surface area contributed by atoms with Crippen LogP contribution in [-0.4, -0.2) is 40.5 Å². The molecule has 19 heavy (non-hydrogen) atoms.